The van der Waals surface area contributed by atoms with Crippen molar-refractivity contribution in [1.82, 2.24) is 0 Å². The van der Waals surface area contributed by atoms with Crippen molar-refractivity contribution in [1.29, 1.82) is 0 Å². The molecular weight excluding hydrogens is 352 g/mol. The van der Waals surface area contributed by atoms with Gasteiger partial charge in [0, 0.05) is 5.92 Å². The molecule has 0 aliphatic carbocycles. The number of benzene rings is 3. The third-order valence-corrected chi connectivity index (χ3v) is 4.29. The Kier molecular flexibility index (Phi) is 6.96. The normalized spacial score (nSPS) is 10.5. The van der Waals surface area contributed by atoms with Crippen LogP contribution in [0.5, 0.6) is 0 Å². The zero-order chi connectivity index (χ0) is 19.6. The van der Waals surface area contributed by atoms with Crippen molar-refractivity contribution in [3.05, 3.63) is 108 Å². The van der Waals surface area contributed by atoms with Crippen molar-refractivity contribution in [3.63, 3.8) is 0 Å². The van der Waals surface area contributed by atoms with Gasteiger partial charge in [-0.3, -0.25) is 0 Å². The fraction of sp³-hybridized carbons (Fsp3) is 0.167. The first-order chi connectivity index (χ1) is 13.7. The molecule has 0 fully saturated rings. The minimum absolute atomic E-state index is 0.136. The molecule has 3 aromatic rings. The van der Waals surface area contributed by atoms with Crippen LogP contribution in [0.4, 0.5) is 0 Å². The van der Waals surface area contributed by atoms with E-state index in [4.69, 9.17) is 9.47 Å². The molecule has 3 aromatic carbocycles. The number of rotatable bonds is 8. The summed E-state index contributed by atoms with van der Waals surface area (Å²) in [6.45, 7) is 0.343. The van der Waals surface area contributed by atoms with Gasteiger partial charge in [0.05, 0.1) is 24.3 Å². The summed E-state index contributed by atoms with van der Waals surface area (Å²) >= 11 is 0. The second-order valence-electron chi connectivity index (χ2n) is 6.48. The van der Waals surface area contributed by atoms with Gasteiger partial charge in [0.15, 0.2) is 0 Å². The first-order valence-electron chi connectivity index (χ1n) is 9.20. The lowest BCUT2D eigenvalue weighted by Gasteiger charge is -2.17. The molecule has 142 valence electrons. The Bertz CT molecular complexity index is 821. The maximum absolute atomic E-state index is 12.2. The molecule has 0 heterocycles. The van der Waals surface area contributed by atoms with Crippen molar-refractivity contribution in [2.45, 2.75) is 6.42 Å². The van der Waals surface area contributed by atoms with Gasteiger partial charge in [-0.15, -0.1) is 0 Å². The van der Waals surface area contributed by atoms with Crippen molar-refractivity contribution in [2.75, 3.05) is 13.2 Å². The highest BCUT2D eigenvalue weighted by atomic mass is 16.5. The Morgan fingerprint density at radius 1 is 0.607 bits per heavy atom. The van der Waals surface area contributed by atoms with Crippen LogP contribution in [0.15, 0.2) is 91.0 Å². The highest BCUT2D eigenvalue weighted by Crippen LogP contribution is 2.13. The highest BCUT2D eigenvalue weighted by molar-refractivity contribution is 5.89. The van der Waals surface area contributed by atoms with Gasteiger partial charge in [-0.1, -0.05) is 66.7 Å². The second-order valence-corrected chi connectivity index (χ2v) is 6.48. The van der Waals surface area contributed by atoms with E-state index in [0.717, 1.165) is 5.56 Å². The largest absolute Gasteiger partial charge is 0.462 e. The van der Waals surface area contributed by atoms with Crippen molar-refractivity contribution in [3.8, 4) is 0 Å². The number of carbonyl (C=O) groups excluding carboxylic acids is 2. The maximum Gasteiger partial charge on any atom is 0.338 e. The third kappa shape index (κ3) is 5.81. The topological polar surface area (TPSA) is 52.6 Å². The minimum Gasteiger partial charge on any atom is -0.462 e. The average Bonchev–Trinajstić information content (AvgIpc) is 2.77. The lowest BCUT2D eigenvalue weighted by molar-refractivity contribution is 0.0259. The van der Waals surface area contributed by atoms with Crippen LogP contribution in [0.3, 0.4) is 0 Å². The van der Waals surface area contributed by atoms with Gasteiger partial charge in [-0.05, 0) is 36.2 Å². The SMILES string of the molecule is O=C(OCC(COC(=O)c1ccccc1)Cc1ccccc1)c1ccccc1. The van der Waals surface area contributed by atoms with Gasteiger partial charge in [0.2, 0.25) is 0 Å². The Balaban J connectivity index is 1.61. The third-order valence-electron chi connectivity index (χ3n) is 4.29. The number of hydrogen-bond acceptors (Lipinski definition) is 4. The molecule has 0 saturated heterocycles. The number of ether oxygens (including phenoxy) is 2. The zero-order valence-electron chi connectivity index (χ0n) is 15.5. The number of hydrogen-bond donors (Lipinski definition) is 0. The van der Waals surface area contributed by atoms with Crippen LogP contribution in [0, 0.1) is 5.92 Å². The molecule has 0 aromatic heterocycles. The summed E-state index contributed by atoms with van der Waals surface area (Å²) < 4.78 is 10.9. The highest BCUT2D eigenvalue weighted by Gasteiger charge is 2.17. The smallest absolute Gasteiger partial charge is 0.338 e. The van der Waals surface area contributed by atoms with E-state index in [1.165, 1.54) is 0 Å². The van der Waals surface area contributed by atoms with Crippen LogP contribution in [0.1, 0.15) is 26.3 Å². The van der Waals surface area contributed by atoms with E-state index in [-0.39, 0.29) is 31.1 Å². The van der Waals surface area contributed by atoms with Gasteiger partial charge >= 0.3 is 11.9 Å². The molecule has 28 heavy (non-hydrogen) atoms. The van der Waals surface area contributed by atoms with E-state index in [0.29, 0.717) is 17.5 Å². The van der Waals surface area contributed by atoms with E-state index >= 15 is 0 Å². The molecule has 0 unspecified atom stereocenters. The van der Waals surface area contributed by atoms with E-state index < -0.39 is 0 Å². The standard InChI is InChI=1S/C24H22O4/c25-23(21-12-6-2-7-13-21)27-17-20(16-19-10-4-1-5-11-19)18-28-24(26)22-14-8-3-9-15-22/h1-15,20H,16-18H2. The summed E-state index contributed by atoms with van der Waals surface area (Å²) in [6, 6.07) is 27.6. The molecule has 0 aliphatic heterocycles. The van der Waals surface area contributed by atoms with Crippen molar-refractivity contribution < 1.29 is 19.1 Å². The molecule has 0 radical (unpaired) electrons. The fourth-order valence-corrected chi connectivity index (χ4v) is 2.82. The Labute approximate surface area is 164 Å². The molecule has 4 heteroatoms. The molecule has 0 N–H and O–H groups in total. The van der Waals surface area contributed by atoms with Crippen LogP contribution in [-0.2, 0) is 15.9 Å². The molecule has 0 aliphatic rings. The maximum atomic E-state index is 12.2. The molecule has 3 rings (SSSR count). The molecule has 0 amide bonds. The van der Waals surface area contributed by atoms with Crippen molar-refractivity contribution >= 4 is 11.9 Å². The number of carbonyl (C=O) groups is 2. The van der Waals surface area contributed by atoms with Gasteiger partial charge in [0.1, 0.15) is 0 Å². The first kappa shape index (κ1) is 19.4. The van der Waals surface area contributed by atoms with Gasteiger partial charge in [0.25, 0.3) is 0 Å². The first-order valence-corrected chi connectivity index (χ1v) is 9.20. The van der Waals surface area contributed by atoms with E-state index in [1.807, 2.05) is 42.5 Å². The van der Waals surface area contributed by atoms with E-state index in [1.54, 1.807) is 48.5 Å². The van der Waals surface area contributed by atoms with Gasteiger partial charge in [-0.2, -0.15) is 0 Å². The van der Waals surface area contributed by atoms with Crippen molar-refractivity contribution in [2.24, 2.45) is 5.92 Å². The van der Waals surface area contributed by atoms with Crippen LogP contribution in [-0.4, -0.2) is 25.2 Å². The summed E-state index contributed by atoms with van der Waals surface area (Å²) in [4.78, 5) is 24.5. The Hall–Kier alpha value is -3.40. The molecule has 4 nitrogen and oxygen atoms in total. The fourth-order valence-electron chi connectivity index (χ4n) is 2.82. The van der Waals surface area contributed by atoms with Gasteiger partial charge < -0.3 is 9.47 Å². The Morgan fingerprint density at radius 2 is 1.00 bits per heavy atom. The number of esters is 2. The van der Waals surface area contributed by atoms with Crippen LogP contribution in [0.2, 0.25) is 0 Å². The van der Waals surface area contributed by atoms with Crippen LogP contribution < -0.4 is 0 Å². The molecule has 0 saturated carbocycles. The predicted molar refractivity (Wildman–Crippen MR) is 107 cm³/mol. The lowest BCUT2D eigenvalue weighted by atomic mass is 10.0. The summed E-state index contributed by atoms with van der Waals surface area (Å²) in [6.07, 6.45) is 0.644. The second kappa shape index (κ2) is 10.1. The quantitative estimate of drug-likeness (QED) is 0.543. The molecular formula is C24H22O4. The predicted octanol–water partition coefficient (Wildman–Crippen LogP) is 4.56. The Morgan fingerprint density at radius 3 is 1.43 bits per heavy atom. The monoisotopic (exact) mass is 374 g/mol. The summed E-state index contributed by atoms with van der Waals surface area (Å²) in [5, 5.41) is 0. The van der Waals surface area contributed by atoms with Crippen LogP contribution >= 0.6 is 0 Å². The molecule has 0 spiro atoms. The lowest BCUT2D eigenvalue weighted by Crippen LogP contribution is -2.23. The zero-order valence-corrected chi connectivity index (χ0v) is 15.5. The average molecular weight is 374 g/mol. The van der Waals surface area contributed by atoms with Crippen LogP contribution in [0.25, 0.3) is 0 Å². The van der Waals surface area contributed by atoms with E-state index in [2.05, 4.69) is 0 Å². The van der Waals surface area contributed by atoms with Gasteiger partial charge in [-0.25, -0.2) is 9.59 Å². The molecule has 0 bridgehead atoms. The summed E-state index contributed by atoms with van der Waals surface area (Å²) in [5.74, 6) is -0.899. The summed E-state index contributed by atoms with van der Waals surface area (Å²) in [5.41, 5.74) is 2.10. The molecule has 0 atom stereocenters. The minimum atomic E-state index is -0.381. The van der Waals surface area contributed by atoms with E-state index in [9.17, 15) is 9.59 Å². The summed E-state index contributed by atoms with van der Waals surface area (Å²) in [7, 11) is 0.